The van der Waals surface area contributed by atoms with Gasteiger partial charge < -0.3 is 16.0 Å². The highest BCUT2D eigenvalue weighted by atomic mass is 16.1. The molecule has 3 N–H and O–H groups in total. The molecule has 0 spiro atoms. The maximum Gasteiger partial charge on any atom is 0.253 e. The molecule has 1 aliphatic rings. The zero-order valence-corrected chi connectivity index (χ0v) is 12.7. The highest BCUT2D eigenvalue weighted by molar-refractivity contribution is 5.99. The topological polar surface area (TPSA) is 58.4 Å². The first-order valence-electron chi connectivity index (χ1n) is 7.22. The Balaban J connectivity index is 1.95. The third-order valence-electron chi connectivity index (χ3n) is 4.32. The third-order valence-corrected chi connectivity index (χ3v) is 4.32. The van der Waals surface area contributed by atoms with Gasteiger partial charge in [0.2, 0.25) is 0 Å². The molecule has 1 aromatic rings. The van der Waals surface area contributed by atoms with Crippen LogP contribution >= 0.6 is 0 Å². The van der Waals surface area contributed by atoms with E-state index in [2.05, 4.69) is 24.2 Å². The van der Waals surface area contributed by atoms with Gasteiger partial charge in [0, 0.05) is 12.2 Å². The van der Waals surface area contributed by atoms with Crippen LogP contribution in [0.5, 0.6) is 0 Å². The number of carbonyl (C=O) groups is 1. The fourth-order valence-electron chi connectivity index (χ4n) is 2.61. The summed E-state index contributed by atoms with van der Waals surface area (Å²) in [4.78, 5) is 14.6. The van der Waals surface area contributed by atoms with Crippen LogP contribution in [0.15, 0.2) is 18.2 Å². The lowest BCUT2D eigenvalue weighted by Crippen LogP contribution is -2.43. The number of nitrogens with two attached hydrogens (primary N) is 1. The summed E-state index contributed by atoms with van der Waals surface area (Å²) in [6.45, 7) is 7.13. The summed E-state index contributed by atoms with van der Waals surface area (Å²) in [5.41, 5.74) is 8.31. The molecule has 0 radical (unpaired) electrons. The van der Waals surface area contributed by atoms with Crippen LogP contribution in [0.3, 0.4) is 0 Å². The summed E-state index contributed by atoms with van der Waals surface area (Å²) < 4.78 is 0. The van der Waals surface area contributed by atoms with Crippen molar-refractivity contribution in [2.45, 2.75) is 26.7 Å². The van der Waals surface area contributed by atoms with Gasteiger partial charge in [-0.2, -0.15) is 0 Å². The van der Waals surface area contributed by atoms with Gasteiger partial charge in [0.15, 0.2) is 0 Å². The first kappa shape index (κ1) is 14.9. The predicted octanol–water partition coefficient (Wildman–Crippen LogP) is 2.04. The molecular formula is C16H25N3O. The minimum Gasteiger partial charge on any atom is -0.398 e. The molecule has 1 aromatic carbocycles. The Labute approximate surface area is 121 Å². The number of nitrogen functional groups attached to an aromatic ring is 1. The molecule has 0 bridgehead atoms. The molecule has 1 saturated heterocycles. The fraction of sp³-hybridized carbons (Fsp3) is 0.562. The van der Waals surface area contributed by atoms with Crippen LogP contribution in [-0.4, -0.2) is 37.5 Å². The number of piperidine rings is 1. The quantitative estimate of drug-likeness (QED) is 0.830. The van der Waals surface area contributed by atoms with Crippen LogP contribution in [-0.2, 0) is 0 Å². The Kier molecular flexibility index (Phi) is 4.33. The fourth-order valence-corrected chi connectivity index (χ4v) is 2.61. The van der Waals surface area contributed by atoms with Crippen LogP contribution < -0.4 is 11.1 Å². The molecule has 0 atom stereocenters. The number of rotatable bonds is 3. The second kappa shape index (κ2) is 5.83. The van der Waals surface area contributed by atoms with Gasteiger partial charge in [0.05, 0.1) is 5.56 Å². The number of aryl methyl sites for hydroxylation is 1. The summed E-state index contributed by atoms with van der Waals surface area (Å²) in [6.07, 6.45) is 2.24. The maximum absolute atomic E-state index is 12.2. The van der Waals surface area contributed by atoms with Crippen LogP contribution in [0.25, 0.3) is 0 Å². The molecular weight excluding hydrogens is 250 g/mol. The molecule has 0 aliphatic carbocycles. The van der Waals surface area contributed by atoms with Crippen molar-refractivity contribution < 1.29 is 4.79 Å². The van der Waals surface area contributed by atoms with Gasteiger partial charge in [-0.15, -0.1) is 0 Å². The Morgan fingerprint density at radius 2 is 2.05 bits per heavy atom. The van der Waals surface area contributed by atoms with Crippen molar-refractivity contribution in [2.75, 3.05) is 32.4 Å². The number of hydrogen-bond donors (Lipinski definition) is 2. The van der Waals surface area contributed by atoms with E-state index in [1.807, 2.05) is 19.1 Å². The van der Waals surface area contributed by atoms with Crippen LogP contribution in [0.2, 0.25) is 0 Å². The Morgan fingerprint density at radius 1 is 1.40 bits per heavy atom. The monoisotopic (exact) mass is 275 g/mol. The molecule has 0 aromatic heterocycles. The molecule has 1 heterocycles. The van der Waals surface area contributed by atoms with Crippen molar-refractivity contribution >= 4 is 11.6 Å². The van der Waals surface area contributed by atoms with Crippen molar-refractivity contribution in [2.24, 2.45) is 5.41 Å². The highest BCUT2D eigenvalue weighted by Crippen LogP contribution is 2.29. The summed E-state index contributed by atoms with van der Waals surface area (Å²) in [6, 6.07) is 5.56. The van der Waals surface area contributed by atoms with Gasteiger partial charge in [-0.3, -0.25) is 4.79 Å². The van der Waals surface area contributed by atoms with E-state index in [-0.39, 0.29) is 11.3 Å². The van der Waals surface area contributed by atoms with E-state index in [0.29, 0.717) is 17.8 Å². The van der Waals surface area contributed by atoms with Gasteiger partial charge in [-0.25, -0.2) is 0 Å². The zero-order chi connectivity index (χ0) is 14.8. The molecule has 1 aliphatic heterocycles. The summed E-state index contributed by atoms with van der Waals surface area (Å²) in [7, 11) is 2.14. The first-order chi connectivity index (χ1) is 9.39. The SMILES string of the molecule is Cc1ccc(C(=O)NCC2(C)CCN(C)CC2)c(N)c1. The summed E-state index contributed by atoms with van der Waals surface area (Å²) in [5.74, 6) is -0.0670. The van der Waals surface area contributed by atoms with Crippen LogP contribution in [0.1, 0.15) is 35.7 Å². The van der Waals surface area contributed by atoms with E-state index in [9.17, 15) is 4.79 Å². The number of benzene rings is 1. The van der Waals surface area contributed by atoms with Gasteiger partial charge in [0.1, 0.15) is 0 Å². The van der Waals surface area contributed by atoms with Gasteiger partial charge in [0.25, 0.3) is 5.91 Å². The maximum atomic E-state index is 12.2. The Bertz CT molecular complexity index is 490. The van der Waals surface area contributed by atoms with Crippen LogP contribution in [0.4, 0.5) is 5.69 Å². The molecule has 0 unspecified atom stereocenters. The smallest absolute Gasteiger partial charge is 0.253 e. The van der Waals surface area contributed by atoms with E-state index in [1.54, 1.807) is 6.07 Å². The average molecular weight is 275 g/mol. The van der Waals surface area contributed by atoms with Crippen LogP contribution in [0, 0.1) is 12.3 Å². The number of hydrogen-bond acceptors (Lipinski definition) is 3. The van der Waals surface area contributed by atoms with Crippen molar-refractivity contribution in [1.82, 2.24) is 10.2 Å². The number of carbonyl (C=O) groups excluding carboxylic acids is 1. The lowest BCUT2D eigenvalue weighted by Gasteiger charge is -2.38. The summed E-state index contributed by atoms with van der Waals surface area (Å²) >= 11 is 0. The van der Waals surface area contributed by atoms with Crippen molar-refractivity contribution in [1.29, 1.82) is 0 Å². The normalized spacial score (nSPS) is 18.8. The molecule has 4 heteroatoms. The van der Waals surface area contributed by atoms with Crippen molar-refractivity contribution in [3.05, 3.63) is 29.3 Å². The first-order valence-corrected chi connectivity index (χ1v) is 7.22. The van der Waals surface area contributed by atoms with Crippen molar-refractivity contribution in [3.8, 4) is 0 Å². The zero-order valence-electron chi connectivity index (χ0n) is 12.7. The number of nitrogens with zero attached hydrogens (tertiary/aromatic N) is 1. The third kappa shape index (κ3) is 3.51. The molecule has 1 fully saturated rings. The standard InChI is InChI=1S/C16H25N3O/c1-12-4-5-13(14(17)10-12)15(20)18-11-16(2)6-8-19(3)9-7-16/h4-5,10H,6-9,11,17H2,1-3H3,(H,18,20). The van der Waals surface area contributed by atoms with Gasteiger partial charge in [-0.05, 0) is 63.0 Å². The highest BCUT2D eigenvalue weighted by Gasteiger charge is 2.29. The molecule has 20 heavy (non-hydrogen) atoms. The number of amides is 1. The Morgan fingerprint density at radius 3 is 2.65 bits per heavy atom. The average Bonchev–Trinajstić information content (AvgIpc) is 2.40. The lowest BCUT2D eigenvalue weighted by molar-refractivity contribution is 0.0892. The second-order valence-corrected chi connectivity index (χ2v) is 6.39. The molecule has 4 nitrogen and oxygen atoms in total. The number of anilines is 1. The van der Waals surface area contributed by atoms with Gasteiger partial charge >= 0.3 is 0 Å². The van der Waals surface area contributed by atoms with Gasteiger partial charge in [-0.1, -0.05) is 13.0 Å². The number of nitrogens with one attached hydrogen (secondary N) is 1. The largest absolute Gasteiger partial charge is 0.398 e. The minimum absolute atomic E-state index is 0.0670. The minimum atomic E-state index is -0.0670. The Hall–Kier alpha value is -1.55. The molecule has 0 saturated carbocycles. The molecule has 110 valence electrons. The lowest BCUT2D eigenvalue weighted by atomic mass is 9.80. The second-order valence-electron chi connectivity index (χ2n) is 6.39. The summed E-state index contributed by atoms with van der Waals surface area (Å²) in [5, 5.41) is 3.05. The van der Waals surface area contributed by atoms with E-state index in [4.69, 9.17) is 5.73 Å². The number of likely N-dealkylation sites (tertiary alicyclic amines) is 1. The molecule has 2 rings (SSSR count). The van der Waals surface area contributed by atoms with E-state index in [1.165, 1.54) is 0 Å². The predicted molar refractivity (Wildman–Crippen MR) is 82.8 cm³/mol. The van der Waals surface area contributed by atoms with E-state index < -0.39 is 0 Å². The molecule has 1 amide bonds. The van der Waals surface area contributed by atoms with E-state index in [0.717, 1.165) is 31.5 Å². The van der Waals surface area contributed by atoms with E-state index >= 15 is 0 Å². The van der Waals surface area contributed by atoms with Crippen molar-refractivity contribution in [3.63, 3.8) is 0 Å².